The summed E-state index contributed by atoms with van der Waals surface area (Å²) in [4.78, 5) is 22.7. The van der Waals surface area contributed by atoms with Gasteiger partial charge in [0, 0.05) is 12.7 Å². The van der Waals surface area contributed by atoms with E-state index < -0.39 is 0 Å². The molecule has 0 aliphatic rings. The first-order chi connectivity index (χ1) is 16.0. The van der Waals surface area contributed by atoms with E-state index >= 15 is 0 Å². The summed E-state index contributed by atoms with van der Waals surface area (Å²) < 4.78 is 0. The highest BCUT2D eigenvalue weighted by molar-refractivity contribution is 6.06. The molecule has 0 spiro atoms. The number of phenols is 2. The number of hydrogen-bond acceptors (Lipinski definition) is 4. The number of phenolic OH excluding ortho intramolecular Hbond substituents is 2. The van der Waals surface area contributed by atoms with Crippen LogP contribution in [0.2, 0.25) is 0 Å². The van der Waals surface area contributed by atoms with Gasteiger partial charge in [-0.1, -0.05) is 84.0 Å². The van der Waals surface area contributed by atoms with Crippen molar-refractivity contribution in [1.29, 1.82) is 0 Å². The fourth-order valence-corrected chi connectivity index (χ4v) is 2.19. The third-order valence-corrected chi connectivity index (χ3v) is 3.56. The molecule has 0 atom stereocenters. The van der Waals surface area contributed by atoms with Gasteiger partial charge in [-0.25, -0.2) is 0 Å². The molecule has 0 unspecified atom stereocenters. The van der Waals surface area contributed by atoms with Crippen molar-refractivity contribution >= 4 is 17.5 Å². The van der Waals surface area contributed by atoms with Gasteiger partial charge in [-0.15, -0.1) is 0 Å². The van der Waals surface area contributed by atoms with E-state index in [1.54, 1.807) is 48.5 Å². The number of benzene rings is 3. The molecule has 0 saturated heterocycles. The Kier molecular flexibility index (Phi) is 19.1. The Morgan fingerprint density at radius 1 is 0.576 bits per heavy atom. The zero-order chi connectivity index (χ0) is 25.6. The van der Waals surface area contributed by atoms with Crippen LogP contribution in [0.15, 0.2) is 78.9 Å². The summed E-state index contributed by atoms with van der Waals surface area (Å²) >= 11 is 0. The van der Waals surface area contributed by atoms with Gasteiger partial charge in [0.2, 0.25) is 0 Å². The van der Waals surface area contributed by atoms with Crippen LogP contribution in [0.5, 0.6) is 11.5 Å². The first-order valence-corrected chi connectivity index (χ1v) is 11.2. The fourth-order valence-electron chi connectivity index (χ4n) is 2.19. The van der Waals surface area contributed by atoms with E-state index in [9.17, 15) is 14.7 Å². The molecule has 0 aliphatic heterocycles. The third kappa shape index (κ3) is 12.0. The van der Waals surface area contributed by atoms with Crippen molar-refractivity contribution in [1.82, 2.24) is 5.32 Å². The normalized spacial score (nSPS) is 8.33. The number of anilines is 1. The Hall–Kier alpha value is -3.80. The molecule has 33 heavy (non-hydrogen) atoms. The highest BCUT2D eigenvalue weighted by Crippen LogP contribution is 2.17. The lowest BCUT2D eigenvalue weighted by Crippen LogP contribution is -2.17. The smallest absolute Gasteiger partial charge is 0.259 e. The number of rotatable bonds is 3. The minimum Gasteiger partial charge on any atom is -0.507 e. The summed E-state index contributed by atoms with van der Waals surface area (Å²) in [5, 5.41) is 23.8. The lowest BCUT2D eigenvalue weighted by Gasteiger charge is -2.05. The molecule has 6 heteroatoms. The van der Waals surface area contributed by atoms with E-state index in [0.717, 1.165) is 0 Å². The van der Waals surface area contributed by atoms with Gasteiger partial charge in [-0.05, 0) is 36.4 Å². The number of carbonyl (C=O) groups is 2. The maximum atomic E-state index is 11.8. The predicted molar refractivity (Wildman–Crippen MR) is 138 cm³/mol. The molecular formula is C27H38N2O4. The molecule has 0 fully saturated rings. The maximum Gasteiger partial charge on any atom is 0.259 e. The van der Waals surface area contributed by atoms with E-state index in [2.05, 4.69) is 10.6 Å². The summed E-state index contributed by atoms with van der Waals surface area (Å²) in [7, 11) is 1.52. The maximum absolute atomic E-state index is 11.8. The highest BCUT2D eigenvalue weighted by atomic mass is 16.3. The van der Waals surface area contributed by atoms with E-state index in [-0.39, 0.29) is 28.9 Å². The minimum atomic E-state index is -0.315. The molecule has 6 nitrogen and oxygen atoms in total. The fraction of sp³-hybridized carbons (Fsp3) is 0.259. The van der Waals surface area contributed by atoms with E-state index in [1.165, 1.54) is 19.2 Å². The molecule has 0 saturated carbocycles. The second kappa shape index (κ2) is 20.1. The molecule has 3 aromatic rings. The zero-order valence-electron chi connectivity index (χ0n) is 20.7. The molecule has 180 valence electrons. The van der Waals surface area contributed by atoms with E-state index in [4.69, 9.17) is 5.11 Å². The van der Waals surface area contributed by atoms with Crippen molar-refractivity contribution < 1.29 is 19.8 Å². The molecule has 0 bridgehead atoms. The molecule has 0 aromatic heterocycles. The van der Waals surface area contributed by atoms with Crippen LogP contribution in [-0.2, 0) is 0 Å². The molecule has 0 heterocycles. The van der Waals surface area contributed by atoms with Crippen molar-refractivity contribution in [3.8, 4) is 11.5 Å². The topological polar surface area (TPSA) is 98.7 Å². The van der Waals surface area contributed by atoms with E-state index in [0.29, 0.717) is 11.3 Å². The van der Waals surface area contributed by atoms with Crippen molar-refractivity contribution in [2.45, 2.75) is 41.5 Å². The quantitative estimate of drug-likeness (QED) is 0.364. The third-order valence-electron chi connectivity index (χ3n) is 3.56. The summed E-state index contributed by atoms with van der Waals surface area (Å²) in [6.45, 7) is 12.0. The average Bonchev–Trinajstić information content (AvgIpc) is 2.89. The Bertz CT molecular complexity index is 913. The predicted octanol–water partition coefficient (Wildman–Crippen LogP) is 6.47. The lowest BCUT2D eigenvalue weighted by atomic mass is 10.2. The van der Waals surface area contributed by atoms with Crippen molar-refractivity contribution in [2.75, 3.05) is 12.4 Å². The molecule has 3 rings (SSSR count). The van der Waals surface area contributed by atoms with Gasteiger partial charge in [-0.3, -0.25) is 9.59 Å². The van der Waals surface area contributed by atoms with Crippen LogP contribution < -0.4 is 10.6 Å². The van der Waals surface area contributed by atoms with Gasteiger partial charge < -0.3 is 20.8 Å². The van der Waals surface area contributed by atoms with Gasteiger partial charge in [0.15, 0.2) is 0 Å². The van der Waals surface area contributed by atoms with Crippen LogP contribution >= 0.6 is 0 Å². The lowest BCUT2D eigenvalue weighted by molar-refractivity contribution is 0.0959. The van der Waals surface area contributed by atoms with Gasteiger partial charge in [0.25, 0.3) is 11.8 Å². The minimum absolute atomic E-state index is 0.00634. The molecule has 3 aromatic carbocycles. The van der Waals surface area contributed by atoms with Crippen LogP contribution in [-0.4, -0.2) is 29.1 Å². The second-order valence-corrected chi connectivity index (χ2v) is 5.43. The Morgan fingerprint density at radius 3 is 1.33 bits per heavy atom. The van der Waals surface area contributed by atoms with Crippen LogP contribution in [0.25, 0.3) is 0 Å². The summed E-state index contributed by atoms with van der Waals surface area (Å²) in [6, 6.07) is 22.0. The van der Waals surface area contributed by atoms with Crippen molar-refractivity contribution in [2.24, 2.45) is 0 Å². The molecule has 2 amide bonds. The second-order valence-electron chi connectivity index (χ2n) is 5.43. The number of aromatic hydroxyl groups is 2. The number of amides is 2. The van der Waals surface area contributed by atoms with Gasteiger partial charge >= 0.3 is 0 Å². The number of carbonyl (C=O) groups excluding carboxylic acids is 2. The number of hydrogen-bond donors (Lipinski definition) is 4. The molecule has 0 radical (unpaired) electrons. The van der Waals surface area contributed by atoms with E-state index in [1.807, 2.05) is 59.7 Å². The van der Waals surface area contributed by atoms with Crippen molar-refractivity contribution in [3.05, 3.63) is 90.0 Å². The summed E-state index contributed by atoms with van der Waals surface area (Å²) in [5.41, 5.74) is 1.28. The van der Waals surface area contributed by atoms with Crippen LogP contribution in [0.3, 0.4) is 0 Å². The van der Waals surface area contributed by atoms with Gasteiger partial charge in [-0.2, -0.15) is 0 Å². The Balaban J connectivity index is 0. The SMILES string of the molecule is CC.CC.CC.CNC(=O)c1ccccc1O.O=C(Nc1ccccc1)c1ccccc1O. The highest BCUT2D eigenvalue weighted by Gasteiger charge is 2.09. The van der Waals surface area contributed by atoms with Gasteiger partial charge in [0.1, 0.15) is 11.5 Å². The van der Waals surface area contributed by atoms with Gasteiger partial charge in [0.05, 0.1) is 11.1 Å². The number of nitrogens with one attached hydrogen (secondary N) is 2. The standard InChI is InChI=1S/C13H11NO2.C8H9NO2.3C2H6/c15-12-9-5-4-8-11(12)13(16)14-10-6-2-1-3-7-10;1-9-8(11)6-4-2-3-5-7(6)10;3*1-2/h1-9,15H,(H,14,16);2-5,10H,1H3,(H,9,11);3*1-2H3. The molecule has 4 N–H and O–H groups in total. The summed E-state index contributed by atoms with van der Waals surface area (Å²) in [6.07, 6.45) is 0. The van der Waals surface area contributed by atoms with Crippen molar-refractivity contribution in [3.63, 3.8) is 0 Å². The van der Waals surface area contributed by atoms with Crippen LogP contribution in [0, 0.1) is 0 Å². The number of para-hydroxylation sites is 3. The van der Waals surface area contributed by atoms with Crippen LogP contribution in [0.1, 0.15) is 62.3 Å². The Morgan fingerprint density at radius 2 is 0.939 bits per heavy atom. The summed E-state index contributed by atoms with van der Waals surface area (Å²) in [5.74, 6) is -0.602. The first-order valence-electron chi connectivity index (χ1n) is 11.2. The molecule has 0 aliphatic carbocycles. The van der Waals surface area contributed by atoms with Crippen LogP contribution in [0.4, 0.5) is 5.69 Å². The Labute approximate surface area is 198 Å². The first kappa shape index (κ1) is 31.4. The largest absolute Gasteiger partial charge is 0.507 e. The zero-order valence-corrected chi connectivity index (χ0v) is 20.7. The average molecular weight is 455 g/mol. The molecular weight excluding hydrogens is 416 g/mol. The monoisotopic (exact) mass is 454 g/mol.